The standard InChI is InChI=1S/C28H28ClN3O3/c1-28(2,3)35-27(34)31-13-12-23-22-10-9-21(16-24(22)30(4)25(23)17-31)32-14-11-19(15-26(32)33)18-5-7-20(29)8-6-18/h5-11,14-16H,12-13,17H2,1-4H3. The van der Waals surface area contributed by atoms with Crippen LogP contribution in [0, 0.1) is 0 Å². The zero-order valence-electron chi connectivity index (χ0n) is 20.3. The van der Waals surface area contributed by atoms with E-state index < -0.39 is 5.60 Å². The summed E-state index contributed by atoms with van der Waals surface area (Å²) in [5.74, 6) is 0. The fourth-order valence-corrected chi connectivity index (χ4v) is 4.82. The molecule has 1 aliphatic rings. The van der Waals surface area contributed by atoms with Crippen LogP contribution in [0.15, 0.2) is 65.6 Å². The van der Waals surface area contributed by atoms with Crippen molar-refractivity contribution in [2.75, 3.05) is 6.54 Å². The highest BCUT2D eigenvalue weighted by Crippen LogP contribution is 2.32. The molecule has 0 aliphatic carbocycles. The molecule has 5 rings (SSSR count). The number of pyridine rings is 1. The van der Waals surface area contributed by atoms with Gasteiger partial charge in [-0.05, 0) is 74.2 Å². The molecule has 0 saturated carbocycles. The van der Waals surface area contributed by atoms with Crippen LogP contribution in [-0.2, 0) is 24.8 Å². The number of carbonyl (C=O) groups excluding carboxylic acids is 1. The first-order chi connectivity index (χ1) is 16.6. The number of amides is 1. The number of halogens is 1. The Labute approximate surface area is 209 Å². The first kappa shape index (κ1) is 23.2. The third-order valence-corrected chi connectivity index (χ3v) is 6.67. The fraction of sp³-hybridized carbons (Fsp3) is 0.286. The topological polar surface area (TPSA) is 56.5 Å². The van der Waals surface area contributed by atoms with Gasteiger partial charge < -0.3 is 14.2 Å². The second kappa shape index (κ2) is 8.61. The lowest BCUT2D eigenvalue weighted by molar-refractivity contribution is 0.0220. The molecule has 3 heterocycles. The molecule has 1 amide bonds. The normalized spacial score (nSPS) is 13.7. The second-order valence-electron chi connectivity index (χ2n) is 9.97. The Morgan fingerprint density at radius 3 is 2.43 bits per heavy atom. The number of rotatable bonds is 2. The van der Waals surface area contributed by atoms with Gasteiger partial charge in [0.05, 0.1) is 17.7 Å². The maximum atomic E-state index is 13.0. The van der Waals surface area contributed by atoms with E-state index in [0.717, 1.165) is 39.8 Å². The van der Waals surface area contributed by atoms with E-state index >= 15 is 0 Å². The zero-order valence-corrected chi connectivity index (χ0v) is 21.1. The number of hydrogen-bond acceptors (Lipinski definition) is 3. The van der Waals surface area contributed by atoms with Gasteiger partial charge in [-0.2, -0.15) is 0 Å². The monoisotopic (exact) mass is 489 g/mol. The van der Waals surface area contributed by atoms with E-state index in [1.54, 1.807) is 21.7 Å². The predicted octanol–water partition coefficient (Wildman–Crippen LogP) is 5.94. The Morgan fingerprint density at radius 1 is 1.00 bits per heavy atom. The summed E-state index contributed by atoms with van der Waals surface area (Å²) >= 11 is 5.99. The van der Waals surface area contributed by atoms with Crippen molar-refractivity contribution in [2.24, 2.45) is 7.05 Å². The summed E-state index contributed by atoms with van der Waals surface area (Å²) in [7, 11) is 2.01. The van der Waals surface area contributed by atoms with E-state index in [2.05, 4.69) is 10.6 Å². The third kappa shape index (κ3) is 4.46. The van der Waals surface area contributed by atoms with Crippen molar-refractivity contribution in [3.8, 4) is 16.8 Å². The number of aryl methyl sites for hydroxylation is 1. The van der Waals surface area contributed by atoms with Gasteiger partial charge in [0.1, 0.15) is 5.60 Å². The van der Waals surface area contributed by atoms with Crippen LogP contribution in [0.1, 0.15) is 32.0 Å². The minimum Gasteiger partial charge on any atom is -0.444 e. The average molecular weight is 490 g/mol. The molecule has 2 aromatic carbocycles. The molecule has 0 N–H and O–H groups in total. The van der Waals surface area contributed by atoms with Gasteiger partial charge in [0.2, 0.25) is 0 Å². The number of fused-ring (bicyclic) bond motifs is 3. The van der Waals surface area contributed by atoms with Gasteiger partial charge in [-0.1, -0.05) is 29.8 Å². The Hall–Kier alpha value is -3.51. The smallest absolute Gasteiger partial charge is 0.410 e. The van der Waals surface area contributed by atoms with Crippen molar-refractivity contribution in [3.05, 3.63) is 87.4 Å². The quantitative estimate of drug-likeness (QED) is 0.350. The lowest BCUT2D eigenvalue weighted by atomic mass is 10.0. The minimum absolute atomic E-state index is 0.105. The Bertz CT molecular complexity index is 1490. The molecule has 0 unspecified atom stereocenters. The number of carbonyl (C=O) groups is 1. The van der Waals surface area contributed by atoms with Crippen molar-refractivity contribution in [2.45, 2.75) is 39.3 Å². The highest BCUT2D eigenvalue weighted by Gasteiger charge is 2.29. The number of hydrogen-bond donors (Lipinski definition) is 0. The molecule has 35 heavy (non-hydrogen) atoms. The SMILES string of the molecule is Cn1c2c(c3ccc(-n4ccc(-c5ccc(Cl)cc5)cc4=O)cc31)CCN(C(=O)OC(C)(C)C)C2. The molecule has 180 valence electrons. The summed E-state index contributed by atoms with van der Waals surface area (Å²) in [5, 5.41) is 1.82. The van der Waals surface area contributed by atoms with Crippen molar-refractivity contribution in [3.63, 3.8) is 0 Å². The van der Waals surface area contributed by atoms with Crippen LogP contribution < -0.4 is 5.56 Å². The summed E-state index contributed by atoms with van der Waals surface area (Å²) < 4.78 is 9.35. The van der Waals surface area contributed by atoms with E-state index in [9.17, 15) is 9.59 Å². The van der Waals surface area contributed by atoms with Gasteiger partial charge in [0.15, 0.2) is 0 Å². The van der Waals surface area contributed by atoms with Crippen LogP contribution in [0.25, 0.3) is 27.7 Å². The Morgan fingerprint density at radius 2 is 1.74 bits per heavy atom. The van der Waals surface area contributed by atoms with E-state index in [1.807, 2.05) is 70.3 Å². The van der Waals surface area contributed by atoms with Gasteiger partial charge in [0.25, 0.3) is 5.56 Å². The molecule has 2 aromatic heterocycles. The molecule has 0 saturated heterocycles. The Balaban J connectivity index is 1.47. The van der Waals surface area contributed by atoms with Crippen molar-refractivity contribution >= 4 is 28.6 Å². The summed E-state index contributed by atoms with van der Waals surface area (Å²) in [6, 6.07) is 17.1. The van der Waals surface area contributed by atoms with Crippen molar-refractivity contribution in [1.29, 1.82) is 0 Å². The molecule has 0 spiro atoms. The molecule has 0 radical (unpaired) electrons. The lowest BCUT2D eigenvalue weighted by Gasteiger charge is -2.30. The summed E-state index contributed by atoms with van der Waals surface area (Å²) in [5.41, 5.74) is 5.34. The molecule has 0 atom stereocenters. The van der Waals surface area contributed by atoms with Gasteiger partial charge in [-0.3, -0.25) is 9.36 Å². The van der Waals surface area contributed by atoms with Crippen LogP contribution in [-0.4, -0.2) is 32.3 Å². The minimum atomic E-state index is -0.526. The van der Waals surface area contributed by atoms with Crippen LogP contribution >= 0.6 is 11.6 Å². The molecular weight excluding hydrogens is 462 g/mol. The maximum Gasteiger partial charge on any atom is 0.410 e. The highest BCUT2D eigenvalue weighted by atomic mass is 35.5. The van der Waals surface area contributed by atoms with Crippen LogP contribution in [0.3, 0.4) is 0 Å². The van der Waals surface area contributed by atoms with Crippen LogP contribution in [0.5, 0.6) is 0 Å². The van der Waals surface area contributed by atoms with Gasteiger partial charge >= 0.3 is 6.09 Å². The summed E-state index contributed by atoms with van der Waals surface area (Å²) in [6.07, 6.45) is 2.28. The molecule has 4 aromatic rings. The number of nitrogens with zero attached hydrogens (tertiary/aromatic N) is 3. The Kier molecular flexibility index (Phi) is 5.72. The van der Waals surface area contributed by atoms with Gasteiger partial charge in [-0.15, -0.1) is 0 Å². The van der Waals surface area contributed by atoms with Crippen molar-refractivity contribution in [1.82, 2.24) is 14.0 Å². The van der Waals surface area contributed by atoms with E-state index in [1.165, 1.54) is 5.56 Å². The van der Waals surface area contributed by atoms with Gasteiger partial charge in [0, 0.05) is 42.0 Å². The molecule has 0 fully saturated rings. The number of ether oxygens (including phenoxy) is 1. The molecule has 7 heteroatoms. The molecule has 0 bridgehead atoms. The number of aromatic nitrogens is 2. The van der Waals surface area contributed by atoms with E-state index in [-0.39, 0.29) is 11.7 Å². The second-order valence-corrected chi connectivity index (χ2v) is 10.4. The molecule has 6 nitrogen and oxygen atoms in total. The first-order valence-corrected chi connectivity index (χ1v) is 12.1. The van der Waals surface area contributed by atoms with Crippen molar-refractivity contribution < 1.29 is 9.53 Å². The van der Waals surface area contributed by atoms with Crippen LogP contribution in [0.4, 0.5) is 4.79 Å². The first-order valence-electron chi connectivity index (χ1n) is 11.7. The summed E-state index contributed by atoms with van der Waals surface area (Å²) in [4.78, 5) is 27.4. The largest absolute Gasteiger partial charge is 0.444 e. The fourth-order valence-electron chi connectivity index (χ4n) is 4.69. The molecular formula is C28H28ClN3O3. The van der Waals surface area contributed by atoms with Gasteiger partial charge in [-0.25, -0.2) is 4.79 Å². The summed E-state index contributed by atoms with van der Waals surface area (Å²) in [6.45, 7) is 6.75. The maximum absolute atomic E-state index is 13.0. The average Bonchev–Trinajstić information content (AvgIpc) is 3.09. The highest BCUT2D eigenvalue weighted by molar-refractivity contribution is 6.30. The predicted molar refractivity (Wildman–Crippen MR) is 139 cm³/mol. The number of benzene rings is 2. The van der Waals surface area contributed by atoms with Crippen LogP contribution in [0.2, 0.25) is 5.02 Å². The van der Waals surface area contributed by atoms with E-state index in [4.69, 9.17) is 16.3 Å². The third-order valence-electron chi connectivity index (χ3n) is 6.42. The zero-order chi connectivity index (χ0) is 24.9. The molecule has 1 aliphatic heterocycles. The lowest BCUT2D eigenvalue weighted by Crippen LogP contribution is -2.40. The van der Waals surface area contributed by atoms with E-state index in [0.29, 0.717) is 18.1 Å².